The minimum Gasteiger partial charge on any atom is -0.444 e. The van der Waals surface area contributed by atoms with Gasteiger partial charge in [0.15, 0.2) is 5.78 Å². The molecule has 2 amide bonds. The van der Waals surface area contributed by atoms with Crippen molar-refractivity contribution in [1.29, 1.82) is 0 Å². The lowest BCUT2D eigenvalue weighted by Crippen LogP contribution is -2.50. The Kier molecular flexibility index (Phi) is 5.67. The Labute approximate surface area is 188 Å². The van der Waals surface area contributed by atoms with Gasteiger partial charge < -0.3 is 20.3 Å². The first-order valence-electron chi connectivity index (χ1n) is 10.9. The second kappa shape index (κ2) is 8.30. The van der Waals surface area contributed by atoms with E-state index in [0.717, 1.165) is 29.7 Å². The largest absolute Gasteiger partial charge is 0.444 e. The van der Waals surface area contributed by atoms with Crippen molar-refractivity contribution in [1.82, 2.24) is 15.5 Å². The van der Waals surface area contributed by atoms with Gasteiger partial charge in [-0.15, -0.1) is 0 Å². The summed E-state index contributed by atoms with van der Waals surface area (Å²) < 4.78 is 5.20. The number of allylic oxidation sites excluding steroid dienone is 4. The molecule has 0 aromatic carbocycles. The number of carbonyl (C=O) groups is 3. The third kappa shape index (κ3) is 4.47. The lowest BCUT2D eigenvalue weighted by Gasteiger charge is -2.35. The quantitative estimate of drug-likeness (QED) is 0.712. The highest BCUT2D eigenvalue weighted by Gasteiger charge is 2.36. The van der Waals surface area contributed by atoms with Crippen LogP contribution in [0.4, 0.5) is 4.79 Å². The Morgan fingerprint density at radius 1 is 1.22 bits per heavy atom. The van der Waals surface area contributed by atoms with Crippen LogP contribution in [0.2, 0.25) is 0 Å². The first-order valence-corrected chi connectivity index (χ1v) is 10.9. The minimum absolute atomic E-state index is 0.111. The predicted octanol–water partition coefficient (Wildman–Crippen LogP) is 2.84. The van der Waals surface area contributed by atoms with Gasteiger partial charge in [-0.3, -0.25) is 9.59 Å². The van der Waals surface area contributed by atoms with E-state index in [1.165, 1.54) is 5.57 Å². The second-order valence-electron chi connectivity index (χ2n) is 9.39. The van der Waals surface area contributed by atoms with E-state index < -0.39 is 29.7 Å². The highest BCUT2D eigenvalue weighted by molar-refractivity contribution is 6.02. The normalized spacial score (nSPS) is 24.6. The van der Waals surface area contributed by atoms with E-state index in [4.69, 9.17) is 4.74 Å². The van der Waals surface area contributed by atoms with Gasteiger partial charge in [0.05, 0.1) is 6.04 Å². The standard InChI is InChI=1S/C25H29N3O4/c1-15(26-24(31)32-25(2,3)4)23(30)27-20-14-19-17(13-21(20)29)10-12-28-11-6-8-16-7-5-9-18(19)22(16)28/h5-9,11,13-15,20,22H,10,12H2,1-4H3,(H,26,31)(H,27,30)/t15-,20?,22?/m0/s1. The summed E-state index contributed by atoms with van der Waals surface area (Å²) in [5.74, 6) is -0.614. The van der Waals surface area contributed by atoms with Crippen LogP contribution in [-0.4, -0.2) is 53.0 Å². The van der Waals surface area contributed by atoms with E-state index in [1.54, 1.807) is 33.8 Å². The van der Waals surface area contributed by atoms with Gasteiger partial charge in [-0.2, -0.15) is 0 Å². The van der Waals surface area contributed by atoms with Gasteiger partial charge in [0.25, 0.3) is 0 Å². The predicted molar refractivity (Wildman–Crippen MR) is 121 cm³/mol. The lowest BCUT2D eigenvalue weighted by molar-refractivity contribution is -0.126. The smallest absolute Gasteiger partial charge is 0.408 e. The summed E-state index contributed by atoms with van der Waals surface area (Å²) in [6.45, 7) is 7.62. The lowest BCUT2D eigenvalue weighted by atomic mass is 9.81. The van der Waals surface area contributed by atoms with Crippen LogP contribution in [0.15, 0.2) is 71.0 Å². The molecule has 0 bridgehead atoms. The molecule has 2 N–H and O–H groups in total. The Hall–Kier alpha value is -3.35. The van der Waals surface area contributed by atoms with Gasteiger partial charge in [0, 0.05) is 6.54 Å². The molecule has 1 fully saturated rings. The molecule has 4 rings (SSSR count). The molecule has 2 aliphatic heterocycles. The molecule has 2 unspecified atom stereocenters. The number of nitrogens with one attached hydrogen (secondary N) is 2. The Bertz CT molecular complexity index is 1040. The molecule has 2 aliphatic carbocycles. The number of ketones is 1. The summed E-state index contributed by atoms with van der Waals surface area (Å²) in [6.07, 6.45) is 16.0. The van der Waals surface area contributed by atoms with Crippen molar-refractivity contribution in [3.05, 3.63) is 71.0 Å². The van der Waals surface area contributed by atoms with Gasteiger partial charge in [-0.05, 0) is 80.8 Å². The molecule has 3 atom stereocenters. The number of rotatable bonds is 3. The summed E-state index contributed by atoms with van der Waals surface area (Å²) in [6, 6.07) is -1.52. The molecule has 7 nitrogen and oxygen atoms in total. The van der Waals surface area contributed by atoms with Crippen LogP contribution in [0.1, 0.15) is 34.1 Å². The molecule has 0 radical (unpaired) electrons. The molecule has 1 saturated heterocycles. The minimum atomic E-state index is -0.846. The van der Waals surface area contributed by atoms with Gasteiger partial charge in [0.2, 0.25) is 5.91 Å². The number of carbonyl (C=O) groups excluding carboxylic acids is 3. The Balaban J connectivity index is 1.52. The van der Waals surface area contributed by atoms with Crippen molar-refractivity contribution < 1.29 is 19.1 Å². The van der Waals surface area contributed by atoms with E-state index >= 15 is 0 Å². The zero-order valence-electron chi connectivity index (χ0n) is 18.8. The van der Waals surface area contributed by atoms with Crippen molar-refractivity contribution >= 4 is 17.8 Å². The molecule has 7 heteroatoms. The van der Waals surface area contributed by atoms with Crippen LogP contribution in [-0.2, 0) is 14.3 Å². The van der Waals surface area contributed by atoms with Gasteiger partial charge >= 0.3 is 6.09 Å². The summed E-state index contributed by atoms with van der Waals surface area (Å²) >= 11 is 0. The fraction of sp³-hybridized carbons (Fsp3) is 0.400. The van der Waals surface area contributed by atoms with E-state index in [0.29, 0.717) is 0 Å². The van der Waals surface area contributed by atoms with E-state index in [-0.39, 0.29) is 11.8 Å². The number of amides is 2. The number of ether oxygens (including phenoxy) is 1. The van der Waals surface area contributed by atoms with E-state index in [2.05, 4.69) is 40.0 Å². The third-order valence-corrected chi connectivity index (χ3v) is 5.75. The van der Waals surface area contributed by atoms with Crippen LogP contribution in [0.25, 0.3) is 0 Å². The average Bonchev–Trinajstić information content (AvgIpc) is 2.86. The van der Waals surface area contributed by atoms with Crippen molar-refractivity contribution in [3.8, 4) is 0 Å². The van der Waals surface area contributed by atoms with Crippen LogP contribution < -0.4 is 10.6 Å². The Morgan fingerprint density at radius 2 is 2.00 bits per heavy atom. The van der Waals surface area contributed by atoms with Crippen LogP contribution >= 0.6 is 0 Å². The van der Waals surface area contributed by atoms with Crippen molar-refractivity contribution in [2.24, 2.45) is 0 Å². The van der Waals surface area contributed by atoms with Crippen LogP contribution in [0.5, 0.6) is 0 Å². The molecule has 0 spiro atoms. The van der Waals surface area contributed by atoms with Crippen molar-refractivity contribution in [2.75, 3.05) is 6.54 Å². The fourth-order valence-corrected chi connectivity index (χ4v) is 4.31. The van der Waals surface area contributed by atoms with E-state index in [9.17, 15) is 14.4 Å². The number of nitrogens with zero attached hydrogens (tertiary/aromatic N) is 1. The summed E-state index contributed by atoms with van der Waals surface area (Å²) in [4.78, 5) is 39.8. The maximum absolute atomic E-state index is 12.8. The Morgan fingerprint density at radius 3 is 2.75 bits per heavy atom. The van der Waals surface area contributed by atoms with Gasteiger partial charge in [-0.25, -0.2) is 4.79 Å². The van der Waals surface area contributed by atoms with Crippen LogP contribution in [0.3, 0.4) is 0 Å². The SMILES string of the molecule is C[C@H](NC(=O)OC(C)(C)C)C(=O)NC1C=C2C(=CC1=O)CCN1C=CC=C3C=CC=C2C31. The van der Waals surface area contributed by atoms with Gasteiger partial charge in [-0.1, -0.05) is 24.3 Å². The molecular weight excluding hydrogens is 406 g/mol. The summed E-state index contributed by atoms with van der Waals surface area (Å²) in [5, 5.41) is 5.28. The molecule has 0 aromatic heterocycles. The molecular formula is C25H29N3O4. The number of hydrogen-bond acceptors (Lipinski definition) is 5. The molecule has 4 aliphatic rings. The molecule has 0 aromatic rings. The fourth-order valence-electron chi connectivity index (χ4n) is 4.31. The first kappa shape index (κ1) is 21.9. The van der Waals surface area contributed by atoms with E-state index in [1.807, 2.05) is 18.2 Å². The monoisotopic (exact) mass is 435 g/mol. The second-order valence-corrected chi connectivity index (χ2v) is 9.39. The first-order chi connectivity index (χ1) is 15.1. The van der Waals surface area contributed by atoms with Crippen molar-refractivity contribution in [3.63, 3.8) is 0 Å². The zero-order valence-corrected chi connectivity index (χ0v) is 18.8. The molecule has 32 heavy (non-hydrogen) atoms. The molecule has 168 valence electrons. The maximum atomic E-state index is 12.8. The summed E-state index contributed by atoms with van der Waals surface area (Å²) in [7, 11) is 0. The molecule has 2 heterocycles. The van der Waals surface area contributed by atoms with Gasteiger partial charge in [0.1, 0.15) is 17.7 Å². The topological polar surface area (TPSA) is 87.7 Å². The maximum Gasteiger partial charge on any atom is 0.408 e. The highest BCUT2D eigenvalue weighted by Crippen LogP contribution is 2.40. The number of alkyl carbamates (subject to hydrolysis) is 1. The van der Waals surface area contributed by atoms with Crippen molar-refractivity contribution in [2.45, 2.75) is 57.8 Å². The molecule has 0 saturated carbocycles. The zero-order chi connectivity index (χ0) is 23.0. The highest BCUT2D eigenvalue weighted by atomic mass is 16.6. The number of fused-ring (bicyclic) bond motifs is 2. The number of hydrogen-bond donors (Lipinski definition) is 2. The van der Waals surface area contributed by atoms with Crippen LogP contribution in [0, 0.1) is 0 Å². The average molecular weight is 436 g/mol. The third-order valence-electron chi connectivity index (χ3n) is 5.75. The summed E-state index contributed by atoms with van der Waals surface area (Å²) in [5.41, 5.74) is 3.66.